The molecule has 5 nitrogen and oxygen atoms in total. The number of rotatable bonds is 4. The molecule has 0 aromatic carbocycles. The summed E-state index contributed by atoms with van der Waals surface area (Å²) in [4.78, 5) is 9.00. The van der Waals surface area contributed by atoms with Crippen molar-refractivity contribution in [1.82, 2.24) is 4.98 Å². The third-order valence-electron chi connectivity index (χ3n) is 5.28. The second kappa shape index (κ2) is 7.46. The normalized spacial score (nSPS) is 27.7. The summed E-state index contributed by atoms with van der Waals surface area (Å²) in [6.45, 7) is 0. The predicted octanol–water partition coefficient (Wildman–Crippen LogP) is 3.61. The smallest absolute Gasteiger partial charge is 0.139 e. The molecular formula is C21H26N4O. The zero-order chi connectivity index (χ0) is 17.9. The topological polar surface area (TPSA) is 72.5 Å². The molecule has 0 saturated heterocycles. The van der Waals surface area contributed by atoms with E-state index in [9.17, 15) is 0 Å². The van der Waals surface area contributed by atoms with E-state index in [1.165, 1.54) is 29.7 Å². The number of pyridine rings is 1. The molecule has 4 rings (SSSR count). The number of ether oxygens (including phenoxy) is 1. The fourth-order valence-electron chi connectivity index (χ4n) is 3.75. The van der Waals surface area contributed by atoms with Gasteiger partial charge in [-0.05, 0) is 36.8 Å². The number of nitrogens with one attached hydrogen (secondary N) is 1. The lowest BCUT2D eigenvalue weighted by Gasteiger charge is -2.18. The molecule has 5 heteroatoms. The van der Waals surface area contributed by atoms with E-state index in [0.717, 1.165) is 30.7 Å². The zero-order valence-corrected chi connectivity index (χ0v) is 15.2. The third kappa shape index (κ3) is 3.73. The fraction of sp³-hybridized carbons (Fsp3) is 0.429. The summed E-state index contributed by atoms with van der Waals surface area (Å²) in [5.74, 6) is 1.42. The van der Waals surface area contributed by atoms with E-state index in [4.69, 9.17) is 15.5 Å². The first-order chi connectivity index (χ1) is 12.7. The Hall–Kier alpha value is -2.40. The van der Waals surface area contributed by atoms with Gasteiger partial charge < -0.3 is 15.8 Å². The van der Waals surface area contributed by atoms with Crippen LogP contribution in [0.1, 0.15) is 32.1 Å². The molecule has 1 aromatic rings. The van der Waals surface area contributed by atoms with Crippen LogP contribution in [0.5, 0.6) is 5.75 Å². The van der Waals surface area contributed by atoms with Crippen LogP contribution in [0, 0.1) is 5.92 Å². The minimum atomic E-state index is 0.0528. The molecule has 26 heavy (non-hydrogen) atoms. The van der Waals surface area contributed by atoms with Gasteiger partial charge in [0.2, 0.25) is 0 Å². The molecule has 136 valence electrons. The number of aliphatic imine (C=N–C) groups is 1. The molecule has 1 fully saturated rings. The first kappa shape index (κ1) is 17.0. The standard InChI is InChI=1S/C21H26N4O/c1-26-16-10-15(12-23-13-16)25-21-11-19(22)17-4-2-3-5-20(14-6-7-14)24-9-8-18(17)21/h2,4-5,9-10,12-14,19,21,25H,3,6-8,11,22H2,1H3/b4-2?,20-5-,24-9?/t19-,21-/m0/s1. The average Bonchev–Trinajstić information content (AvgIpc) is 3.45. The molecule has 3 aliphatic rings. The van der Waals surface area contributed by atoms with Crippen molar-refractivity contribution >= 4 is 11.9 Å². The third-order valence-corrected chi connectivity index (χ3v) is 5.28. The molecule has 3 N–H and O–H groups in total. The molecule has 1 aliphatic heterocycles. The number of anilines is 1. The van der Waals surface area contributed by atoms with Crippen LogP contribution < -0.4 is 15.8 Å². The Bertz CT molecular complexity index is 789. The van der Waals surface area contributed by atoms with Crippen molar-refractivity contribution in [3.05, 3.63) is 53.5 Å². The van der Waals surface area contributed by atoms with Crippen molar-refractivity contribution < 1.29 is 4.74 Å². The fourth-order valence-corrected chi connectivity index (χ4v) is 3.75. The van der Waals surface area contributed by atoms with Crippen LogP contribution in [0.2, 0.25) is 0 Å². The highest BCUT2D eigenvalue weighted by Crippen LogP contribution is 2.38. The van der Waals surface area contributed by atoms with Gasteiger partial charge in [-0.2, -0.15) is 0 Å². The van der Waals surface area contributed by atoms with E-state index in [-0.39, 0.29) is 12.1 Å². The molecule has 0 unspecified atom stereocenters. The summed E-state index contributed by atoms with van der Waals surface area (Å²) in [6, 6.07) is 2.21. The summed E-state index contributed by atoms with van der Waals surface area (Å²) >= 11 is 0. The van der Waals surface area contributed by atoms with Crippen LogP contribution in [-0.4, -0.2) is 30.4 Å². The number of aromatic nitrogens is 1. The molecule has 0 amide bonds. The van der Waals surface area contributed by atoms with Gasteiger partial charge in [0.25, 0.3) is 0 Å². The molecule has 0 spiro atoms. The van der Waals surface area contributed by atoms with Gasteiger partial charge in [-0.25, -0.2) is 0 Å². The van der Waals surface area contributed by atoms with Crippen molar-refractivity contribution in [2.45, 2.75) is 44.2 Å². The molecule has 2 atom stereocenters. The van der Waals surface area contributed by atoms with Gasteiger partial charge >= 0.3 is 0 Å². The molecule has 0 radical (unpaired) electrons. The lowest BCUT2D eigenvalue weighted by Crippen LogP contribution is -2.24. The van der Waals surface area contributed by atoms with Crippen LogP contribution in [-0.2, 0) is 0 Å². The van der Waals surface area contributed by atoms with Crippen LogP contribution in [0.3, 0.4) is 0 Å². The van der Waals surface area contributed by atoms with Gasteiger partial charge in [0.1, 0.15) is 5.75 Å². The summed E-state index contributed by atoms with van der Waals surface area (Å²) in [5, 5.41) is 3.59. The highest BCUT2D eigenvalue weighted by molar-refractivity contribution is 5.66. The Morgan fingerprint density at radius 1 is 1.27 bits per heavy atom. The Morgan fingerprint density at radius 2 is 2.15 bits per heavy atom. The van der Waals surface area contributed by atoms with E-state index in [1.54, 1.807) is 13.3 Å². The maximum absolute atomic E-state index is 6.44. The number of nitrogens with two attached hydrogens (primary N) is 1. The molecule has 1 saturated carbocycles. The molecular weight excluding hydrogens is 324 g/mol. The zero-order valence-electron chi connectivity index (χ0n) is 15.2. The molecule has 0 bridgehead atoms. The minimum Gasteiger partial charge on any atom is -0.495 e. The number of methoxy groups -OCH3 is 1. The molecule has 2 heterocycles. The maximum Gasteiger partial charge on any atom is 0.139 e. The number of allylic oxidation sites excluding steroid dienone is 3. The first-order valence-electron chi connectivity index (χ1n) is 9.38. The monoisotopic (exact) mass is 350 g/mol. The lowest BCUT2D eigenvalue weighted by molar-refractivity contribution is 0.413. The first-order valence-corrected chi connectivity index (χ1v) is 9.38. The Kier molecular flexibility index (Phi) is 4.89. The highest BCUT2D eigenvalue weighted by atomic mass is 16.5. The molecule has 1 aromatic heterocycles. The van der Waals surface area contributed by atoms with Crippen molar-refractivity contribution in [2.24, 2.45) is 16.6 Å². The van der Waals surface area contributed by atoms with E-state index < -0.39 is 0 Å². The Labute approximate surface area is 154 Å². The van der Waals surface area contributed by atoms with E-state index in [1.807, 2.05) is 12.3 Å². The van der Waals surface area contributed by atoms with Gasteiger partial charge in [0.05, 0.1) is 31.2 Å². The van der Waals surface area contributed by atoms with Crippen molar-refractivity contribution in [3.63, 3.8) is 0 Å². The van der Waals surface area contributed by atoms with Crippen molar-refractivity contribution in [3.8, 4) is 5.75 Å². The largest absolute Gasteiger partial charge is 0.495 e. The van der Waals surface area contributed by atoms with Gasteiger partial charge in [0.15, 0.2) is 0 Å². The van der Waals surface area contributed by atoms with Crippen LogP contribution in [0.4, 0.5) is 5.69 Å². The van der Waals surface area contributed by atoms with Crippen molar-refractivity contribution in [2.75, 3.05) is 12.4 Å². The van der Waals surface area contributed by atoms with Gasteiger partial charge in [-0.15, -0.1) is 0 Å². The second-order valence-corrected chi connectivity index (χ2v) is 7.19. The average molecular weight is 350 g/mol. The maximum atomic E-state index is 6.44. The quantitative estimate of drug-likeness (QED) is 0.870. The van der Waals surface area contributed by atoms with E-state index in [2.05, 4.69) is 34.7 Å². The van der Waals surface area contributed by atoms with Crippen LogP contribution >= 0.6 is 0 Å². The highest BCUT2D eigenvalue weighted by Gasteiger charge is 2.30. The predicted molar refractivity (Wildman–Crippen MR) is 105 cm³/mol. The summed E-state index contributed by atoms with van der Waals surface area (Å²) in [7, 11) is 1.65. The second-order valence-electron chi connectivity index (χ2n) is 7.19. The van der Waals surface area contributed by atoms with Crippen LogP contribution in [0.25, 0.3) is 0 Å². The van der Waals surface area contributed by atoms with Crippen molar-refractivity contribution in [1.29, 1.82) is 0 Å². The number of hydrogen-bond donors (Lipinski definition) is 2. The SMILES string of the molecule is COc1cncc(N[C@H]2C[C@H](N)C3=C2CC=N/C(C2CC2)=C\CC=C3)c1. The van der Waals surface area contributed by atoms with Gasteiger partial charge in [-0.1, -0.05) is 18.2 Å². The van der Waals surface area contributed by atoms with Gasteiger partial charge in [-0.3, -0.25) is 9.98 Å². The Balaban J connectivity index is 1.56. The summed E-state index contributed by atoms with van der Waals surface area (Å²) < 4.78 is 5.28. The number of hydrogen-bond acceptors (Lipinski definition) is 5. The minimum absolute atomic E-state index is 0.0528. The van der Waals surface area contributed by atoms with Gasteiger partial charge in [0, 0.05) is 36.4 Å². The van der Waals surface area contributed by atoms with E-state index in [0.29, 0.717) is 5.92 Å². The lowest BCUT2D eigenvalue weighted by atomic mass is 10.0. The summed E-state index contributed by atoms with van der Waals surface area (Å²) in [5.41, 5.74) is 11.2. The van der Waals surface area contributed by atoms with E-state index >= 15 is 0 Å². The summed E-state index contributed by atoms with van der Waals surface area (Å²) in [6.07, 6.45) is 17.5. The Morgan fingerprint density at radius 3 is 2.96 bits per heavy atom. The molecule has 2 aliphatic carbocycles. The van der Waals surface area contributed by atoms with Crippen LogP contribution in [0.15, 0.2) is 58.5 Å². The number of nitrogens with zero attached hydrogens (tertiary/aromatic N) is 2.